The van der Waals surface area contributed by atoms with Crippen molar-refractivity contribution in [3.63, 3.8) is 0 Å². The Hall–Kier alpha value is -1.29. The summed E-state index contributed by atoms with van der Waals surface area (Å²) in [6, 6.07) is 5.97. The quantitative estimate of drug-likeness (QED) is 0.703. The molecule has 1 aromatic heterocycles. The van der Waals surface area contributed by atoms with Crippen molar-refractivity contribution in [3.8, 4) is 0 Å². The second kappa shape index (κ2) is 5.87. The predicted molar refractivity (Wildman–Crippen MR) is 70.3 cm³/mol. The fourth-order valence-electron chi connectivity index (χ4n) is 2.30. The Labute approximate surface area is 102 Å². The lowest BCUT2D eigenvalue weighted by molar-refractivity contribution is 0.144. The molecular formula is C13H21N3O. The molecule has 0 amide bonds. The minimum atomic E-state index is -0.252. The highest BCUT2D eigenvalue weighted by molar-refractivity contribution is 5.45. The molecule has 0 bridgehead atoms. The second-order valence-electron chi connectivity index (χ2n) is 4.61. The third kappa shape index (κ3) is 3.33. The number of aliphatic hydroxyl groups excluding tert-OH is 1. The smallest absolute Gasteiger partial charge is 0.128 e. The number of aromatic nitrogens is 1. The first-order valence-corrected chi connectivity index (χ1v) is 6.39. The molecule has 3 N–H and O–H groups in total. The number of nitrogens with one attached hydrogen (secondary N) is 2. The summed E-state index contributed by atoms with van der Waals surface area (Å²) in [7, 11) is 1.85. The SMILES string of the molecule is CNc1cccc(NC2CCCCCC2O)n1. The molecular weight excluding hydrogens is 214 g/mol. The van der Waals surface area contributed by atoms with Crippen molar-refractivity contribution in [2.24, 2.45) is 0 Å². The number of pyridine rings is 1. The van der Waals surface area contributed by atoms with Gasteiger partial charge in [-0.1, -0.05) is 25.3 Å². The minimum absolute atomic E-state index is 0.136. The van der Waals surface area contributed by atoms with Gasteiger partial charge in [0.15, 0.2) is 0 Å². The van der Waals surface area contributed by atoms with E-state index in [1.807, 2.05) is 25.2 Å². The molecule has 2 unspecified atom stereocenters. The lowest BCUT2D eigenvalue weighted by atomic mass is 10.1. The molecule has 0 spiro atoms. The van der Waals surface area contributed by atoms with Gasteiger partial charge >= 0.3 is 0 Å². The predicted octanol–water partition coefficient (Wildman–Crippen LogP) is 2.23. The molecule has 94 valence electrons. The maximum Gasteiger partial charge on any atom is 0.128 e. The van der Waals surface area contributed by atoms with E-state index in [1.54, 1.807) is 0 Å². The van der Waals surface area contributed by atoms with E-state index in [0.29, 0.717) is 0 Å². The summed E-state index contributed by atoms with van der Waals surface area (Å²) in [5, 5.41) is 16.4. The average molecular weight is 235 g/mol. The molecule has 1 heterocycles. The van der Waals surface area contributed by atoms with E-state index in [4.69, 9.17) is 0 Å². The van der Waals surface area contributed by atoms with E-state index < -0.39 is 0 Å². The Kier molecular flexibility index (Phi) is 4.20. The van der Waals surface area contributed by atoms with Crippen LogP contribution in [0.15, 0.2) is 18.2 Å². The van der Waals surface area contributed by atoms with Crippen molar-refractivity contribution in [1.29, 1.82) is 0 Å². The molecule has 1 fully saturated rings. The fraction of sp³-hybridized carbons (Fsp3) is 0.615. The zero-order chi connectivity index (χ0) is 12.1. The van der Waals surface area contributed by atoms with E-state index in [9.17, 15) is 5.11 Å². The molecule has 17 heavy (non-hydrogen) atoms. The topological polar surface area (TPSA) is 57.2 Å². The van der Waals surface area contributed by atoms with E-state index in [2.05, 4.69) is 15.6 Å². The van der Waals surface area contributed by atoms with Crippen LogP contribution >= 0.6 is 0 Å². The summed E-state index contributed by atoms with van der Waals surface area (Å²) in [4.78, 5) is 4.42. The normalized spacial score (nSPS) is 25.1. The first-order chi connectivity index (χ1) is 8.29. The van der Waals surface area contributed by atoms with Gasteiger partial charge in [-0.2, -0.15) is 0 Å². The van der Waals surface area contributed by atoms with Crippen LogP contribution in [0.3, 0.4) is 0 Å². The van der Waals surface area contributed by atoms with Crippen LogP contribution in [0.2, 0.25) is 0 Å². The minimum Gasteiger partial charge on any atom is -0.391 e. The molecule has 0 radical (unpaired) electrons. The average Bonchev–Trinajstić information content (AvgIpc) is 2.55. The van der Waals surface area contributed by atoms with Crippen molar-refractivity contribution >= 4 is 11.6 Å². The zero-order valence-electron chi connectivity index (χ0n) is 10.3. The Morgan fingerprint density at radius 3 is 2.76 bits per heavy atom. The third-order valence-electron chi connectivity index (χ3n) is 3.32. The number of rotatable bonds is 3. The highest BCUT2D eigenvalue weighted by Gasteiger charge is 2.21. The highest BCUT2D eigenvalue weighted by Crippen LogP contribution is 2.21. The Morgan fingerprint density at radius 2 is 1.94 bits per heavy atom. The van der Waals surface area contributed by atoms with Crippen molar-refractivity contribution in [2.75, 3.05) is 17.7 Å². The van der Waals surface area contributed by atoms with Gasteiger partial charge in [0, 0.05) is 7.05 Å². The highest BCUT2D eigenvalue weighted by atomic mass is 16.3. The number of aliphatic hydroxyl groups is 1. The van der Waals surface area contributed by atoms with E-state index in [0.717, 1.165) is 30.9 Å². The van der Waals surface area contributed by atoms with Crippen LogP contribution in [-0.2, 0) is 0 Å². The largest absolute Gasteiger partial charge is 0.391 e. The molecule has 4 heteroatoms. The molecule has 1 saturated carbocycles. The summed E-state index contributed by atoms with van der Waals surface area (Å²) in [5.41, 5.74) is 0. The Morgan fingerprint density at radius 1 is 1.18 bits per heavy atom. The van der Waals surface area contributed by atoms with Gasteiger partial charge in [0.1, 0.15) is 11.6 Å². The van der Waals surface area contributed by atoms with Gasteiger partial charge in [-0.25, -0.2) is 4.98 Å². The molecule has 2 atom stereocenters. The van der Waals surface area contributed by atoms with Crippen LogP contribution in [0, 0.1) is 0 Å². The molecule has 1 aromatic rings. The number of hydrogen-bond donors (Lipinski definition) is 3. The van der Waals surface area contributed by atoms with Crippen LogP contribution in [0.25, 0.3) is 0 Å². The lowest BCUT2D eigenvalue weighted by Gasteiger charge is -2.22. The molecule has 4 nitrogen and oxygen atoms in total. The number of hydrogen-bond acceptors (Lipinski definition) is 4. The number of nitrogens with zero attached hydrogens (tertiary/aromatic N) is 1. The summed E-state index contributed by atoms with van der Waals surface area (Å²) < 4.78 is 0. The third-order valence-corrected chi connectivity index (χ3v) is 3.32. The molecule has 0 saturated heterocycles. The fourth-order valence-corrected chi connectivity index (χ4v) is 2.30. The van der Waals surface area contributed by atoms with Gasteiger partial charge in [-0.15, -0.1) is 0 Å². The first-order valence-electron chi connectivity index (χ1n) is 6.39. The Bertz CT molecular complexity index is 356. The van der Waals surface area contributed by atoms with Gasteiger partial charge < -0.3 is 15.7 Å². The van der Waals surface area contributed by atoms with Crippen molar-refractivity contribution in [1.82, 2.24) is 4.98 Å². The standard InChI is InChI=1S/C13H21N3O/c1-14-12-8-5-9-13(16-12)15-10-6-3-2-4-7-11(10)17/h5,8-11,17H,2-4,6-7H2,1H3,(H2,14,15,16). The van der Waals surface area contributed by atoms with Crippen LogP contribution in [-0.4, -0.2) is 29.3 Å². The van der Waals surface area contributed by atoms with E-state index in [1.165, 1.54) is 12.8 Å². The molecule has 2 rings (SSSR count). The van der Waals surface area contributed by atoms with E-state index >= 15 is 0 Å². The zero-order valence-corrected chi connectivity index (χ0v) is 10.3. The molecule has 0 aromatic carbocycles. The van der Waals surface area contributed by atoms with Crippen LogP contribution in [0.4, 0.5) is 11.6 Å². The number of anilines is 2. The Balaban J connectivity index is 2.02. The first kappa shape index (κ1) is 12.2. The molecule has 0 aliphatic heterocycles. The maximum atomic E-state index is 10.0. The van der Waals surface area contributed by atoms with Gasteiger partial charge in [0.25, 0.3) is 0 Å². The van der Waals surface area contributed by atoms with Crippen LogP contribution < -0.4 is 10.6 Å². The van der Waals surface area contributed by atoms with Gasteiger partial charge in [-0.05, 0) is 25.0 Å². The second-order valence-corrected chi connectivity index (χ2v) is 4.61. The molecule has 1 aliphatic rings. The summed E-state index contributed by atoms with van der Waals surface area (Å²) in [6.45, 7) is 0. The van der Waals surface area contributed by atoms with Gasteiger partial charge in [-0.3, -0.25) is 0 Å². The summed E-state index contributed by atoms with van der Waals surface area (Å²) in [5.74, 6) is 1.68. The van der Waals surface area contributed by atoms with Crippen LogP contribution in [0.1, 0.15) is 32.1 Å². The van der Waals surface area contributed by atoms with Crippen LogP contribution in [0.5, 0.6) is 0 Å². The van der Waals surface area contributed by atoms with Crippen molar-refractivity contribution in [3.05, 3.63) is 18.2 Å². The maximum absolute atomic E-state index is 10.0. The van der Waals surface area contributed by atoms with Crippen molar-refractivity contribution < 1.29 is 5.11 Å². The van der Waals surface area contributed by atoms with Gasteiger partial charge in [0.05, 0.1) is 12.1 Å². The monoisotopic (exact) mass is 235 g/mol. The summed E-state index contributed by atoms with van der Waals surface area (Å²) >= 11 is 0. The lowest BCUT2D eigenvalue weighted by Crippen LogP contribution is -2.32. The molecule has 1 aliphatic carbocycles. The van der Waals surface area contributed by atoms with E-state index in [-0.39, 0.29) is 12.1 Å². The van der Waals surface area contributed by atoms with Crippen molar-refractivity contribution in [2.45, 2.75) is 44.2 Å². The summed E-state index contributed by atoms with van der Waals surface area (Å²) in [6.07, 6.45) is 5.19. The van der Waals surface area contributed by atoms with Gasteiger partial charge in [0.2, 0.25) is 0 Å².